The van der Waals surface area contributed by atoms with E-state index in [1.54, 1.807) is 30.3 Å². The molecule has 0 aromatic heterocycles. The molecule has 1 aliphatic heterocycles. The zero-order valence-corrected chi connectivity index (χ0v) is 17.7. The summed E-state index contributed by atoms with van der Waals surface area (Å²) in [5.74, 6) is 0.0637. The lowest BCUT2D eigenvalue weighted by Gasteiger charge is -2.11. The molecule has 0 unspecified atom stereocenters. The van der Waals surface area contributed by atoms with Crippen LogP contribution in [0.2, 0.25) is 0 Å². The molecule has 1 atom stereocenters. The fourth-order valence-corrected chi connectivity index (χ4v) is 5.05. The standard InChI is InChI=1S/C20H22N2O5S2/c1-13-12-28-18-8-7-14(11-16(18)22-20(13)24)29(25,26)10-9-19(23)21-15-5-3-4-6-17(15)27-2/h3-8,11,13H,9-10,12H2,1-2H3,(H,21,23)(H,22,24)/t13-/m0/s1. The molecule has 7 nitrogen and oxygen atoms in total. The van der Waals surface area contributed by atoms with E-state index >= 15 is 0 Å². The Kier molecular flexibility index (Phi) is 6.49. The molecule has 2 aromatic carbocycles. The number of nitrogens with one attached hydrogen (secondary N) is 2. The van der Waals surface area contributed by atoms with Crippen molar-refractivity contribution < 1.29 is 22.7 Å². The second kappa shape index (κ2) is 8.87. The SMILES string of the molecule is COc1ccccc1NC(=O)CCS(=O)(=O)c1ccc2c(c1)NC(=O)[C@@H](C)CS2. The van der Waals surface area contributed by atoms with Gasteiger partial charge in [0, 0.05) is 23.0 Å². The van der Waals surface area contributed by atoms with Crippen molar-refractivity contribution in [3.8, 4) is 5.75 Å². The van der Waals surface area contributed by atoms with Crippen LogP contribution in [0.3, 0.4) is 0 Å². The zero-order chi connectivity index (χ0) is 21.0. The molecule has 154 valence electrons. The van der Waals surface area contributed by atoms with Gasteiger partial charge in [-0.3, -0.25) is 9.59 Å². The molecule has 3 rings (SSSR count). The molecule has 29 heavy (non-hydrogen) atoms. The smallest absolute Gasteiger partial charge is 0.228 e. The van der Waals surface area contributed by atoms with Gasteiger partial charge in [0.2, 0.25) is 11.8 Å². The quantitative estimate of drug-likeness (QED) is 0.724. The van der Waals surface area contributed by atoms with Gasteiger partial charge in [0.15, 0.2) is 9.84 Å². The van der Waals surface area contributed by atoms with Crippen LogP contribution in [0.4, 0.5) is 11.4 Å². The molecular weight excluding hydrogens is 412 g/mol. The lowest BCUT2D eigenvalue weighted by molar-refractivity contribution is -0.118. The second-order valence-electron chi connectivity index (χ2n) is 6.68. The summed E-state index contributed by atoms with van der Waals surface area (Å²) in [6.07, 6.45) is -0.199. The number of sulfone groups is 1. The van der Waals surface area contributed by atoms with E-state index in [0.717, 1.165) is 4.90 Å². The predicted octanol–water partition coefficient (Wildman–Crippen LogP) is 3.18. The van der Waals surface area contributed by atoms with Crippen LogP contribution >= 0.6 is 11.8 Å². The Bertz CT molecular complexity index is 1040. The van der Waals surface area contributed by atoms with Crippen LogP contribution in [0.25, 0.3) is 0 Å². The van der Waals surface area contributed by atoms with Gasteiger partial charge in [0.25, 0.3) is 0 Å². The predicted molar refractivity (Wildman–Crippen MR) is 113 cm³/mol. The van der Waals surface area contributed by atoms with Crippen LogP contribution in [0, 0.1) is 5.92 Å². The van der Waals surface area contributed by atoms with Gasteiger partial charge in [0.05, 0.1) is 29.1 Å². The van der Waals surface area contributed by atoms with Crippen LogP contribution in [0.15, 0.2) is 52.3 Å². The minimum atomic E-state index is -3.69. The van der Waals surface area contributed by atoms with Gasteiger partial charge >= 0.3 is 0 Å². The van der Waals surface area contributed by atoms with Crippen molar-refractivity contribution >= 4 is 44.8 Å². The molecule has 2 aromatic rings. The lowest BCUT2D eigenvalue weighted by atomic mass is 10.2. The van der Waals surface area contributed by atoms with Crippen LogP contribution < -0.4 is 15.4 Å². The first-order chi connectivity index (χ1) is 13.8. The molecule has 0 saturated heterocycles. The molecule has 0 saturated carbocycles. The fourth-order valence-electron chi connectivity index (χ4n) is 2.78. The van der Waals surface area contributed by atoms with Gasteiger partial charge in [-0.2, -0.15) is 0 Å². The Morgan fingerprint density at radius 2 is 2.03 bits per heavy atom. The van der Waals surface area contributed by atoms with E-state index in [1.807, 2.05) is 6.92 Å². The Balaban J connectivity index is 1.69. The maximum Gasteiger partial charge on any atom is 0.228 e. The number of methoxy groups -OCH3 is 1. The van der Waals surface area contributed by atoms with E-state index < -0.39 is 15.7 Å². The van der Waals surface area contributed by atoms with Gasteiger partial charge in [-0.05, 0) is 30.3 Å². The first-order valence-electron chi connectivity index (χ1n) is 9.03. The minimum absolute atomic E-state index is 0.0804. The van der Waals surface area contributed by atoms with Crippen LogP contribution in [0.5, 0.6) is 5.75 Å². The average molecular weight is 435 g/mol. The maximum absolute atomic E-state index is 12.7. The number of amides is 2. The van der Waals surface area contributed by atoms with Crippen molar-refractivity contribution in [1.82, 2.24) is 0 Å². The monoisotopic (exact) mass is 434 g/mol. The highest BCUT2D eigenvalue weighted by molar-refractivity contribution is 7.99. The molecule has 0 radical (unpaired) electrons. The molecule has 2 N–H and O–H groups in total. The van der Waals surface area contributed by atoms with E-state index in [4.69, 9.17) is 4.74 Å². The highest BCUT2D eigenvalue weighted by Gasteiger charge is 2.23. The van der Waals surface area contributed by atoms with Crippen molar-refractivity contribution in [3.05, 3.63) is 42.5 Å². The molecule has 1 aliphatic rings. The number of ether oxygens (including phenoxy) is 1. The zero-order valence-electron chi connectivity index (χ0n) is 16.1. The molecule has 0 fully saturated rings. The van der Waals surface area contributed by atoms with Crippen molar-refractivity contribution in [1.29, 1.82) is 0 Å². The Hall–Kier alpha value is -2.52. The van der Waals surface area contributed by atoms with Crippen LogP contribution in [-0.2, 0) is 19.4 Å². The number of fused-ring (bicyclic) bond motifs is 1. The molecule has 0 aliphatic carbocycles. The van der Waals surface area contributed by atoms with E-state index in [-0.39, 0.29) is 28.9 Å². The number of carbonyl (C=O) groups excluding carboxylic acids is 2. The molecular formula is C20H22N2O5S2. The fraction of sp³-hybridized carbons (Fsp3) is 0.300. The normalized spacial score (nSPS) is 16.3. The van der Waals surface area contributed by atoms with Crippen molar-refractivity contribution in [3.63, 3.8) is 0 Å². The van der Waals surface area contributed by atoms with Crippen molar-refractivity contribution in [2.45, 2.75) is 23.1 Å². The van der Waals surface area contributed by atoms with E-state index in [1.165, 1.54) is 31.0 Å². The summed E-state index contributed by atoms with van der Waals surface area (Å²) >= 11 is 1.51. The number of hydrogen-bond acceptors (Lipinski definition) is 6. The van der Waals surface area contributed by atoms with Gasteiger partial charge in [-0.1, -0.05) is 19.1 Å². The second-order valence-corrected chi connectivity index (χ2v) is 9.85. The van der Waals surface area contributed by atoms with E-state index in [2.05, 4.69) is 10.6 Å². The lowest BCUT2D eigenvalue weighted by Crippen LogP contribution is -2.20. The highest BCUT2D eigenvalue weighted by Crippen LogP contribution is 2.34. The summed E-state index contributed by atoms with van der Waals surface area (Å²) < 4.78 is 30.6. The third-order valence-corrected chi connectivity index (χ3v) is 7.53. The topological polar surface area (TPSA) is 102 Å². The van der Waals surface area contributed by atoms with Crippen LogP contribution in [-0.4, -0.2) is 38.8 Å². The molecule has 1 heterocycles. The number of hydrogen-bond donors (Lipinski definition) is 2. The van der Waals surface area contributed by atoms with Gasteiger partial charge in [-0.15, -0.1) is 11.8 Å². The third kappa shape index (κ3) is 5.10. The number of para-hydroxylation sites is 2. The largest absolute Gasteiger partial charge is 0.495 e. The summed E-state index contributed by atoms with van der Waals surface area (Å²) in [4.78, 5) is 25.2. The highest BCUT2D eigenvalue weighted by atomic mass is 32.2. The van der Waals surface area contributed by atoms with Crippen molar-refractivity contribution in [2.75, 3.05) is 29.2 Å². The van der Waals surface area contributed by atoms with E-state index in [9.17, 15) is 18.0 Å². The molecule has 0 bridgehead atoms. The Labute approximate surface area is 174 Å². The number of rotatable bonds is 6. The summed E-state index contributed by atoms with van der Waals surface area (Å²) in [7, 11) is -2.20. The number of carbonyl (C=O) groups is 2. The molecule has 9 heteroatoms. The average Bonchev–Trinajstić information content (AvgIpc) is 2.85. The first-order valence-corrected chi connectivity index (χ1v) is 11.7. The summed E-state index contributed by atoms with van der Waals surface area (Å²) in [5.41, 5.74) is 0.972. The molecule has 0 spiro atoms. The Morgan fingerprint density at radius 1 is 1.28 bits per heavy atom. The van der Waals surface area contributed by atoms with E-state index in [0.29, 0.717) is 22.9 Å². The van der Waals surface area contributed by atoms with Gasteiger partial charge < -0.3 is 15.4 Å². The Morgan fingerprint density at radius 3 is 2.79 bits per heavy atom. The summed E-state index contributed by atoms with van der Waals surface area (Å²) in [6, 6.07) is 11.6. The van der Waals surface area contributed by atoms with Gasteiger partial charge in [0.1, 0.15) is 5.75 Å². The summed E-state index contributed by atoms with van der Waals surface area (Å²) in [6.45, 7) is 1.83. The first kappa shape index (κ1) is 21.2. The van der Waals surface area contributed by atoms with Crippen molar-refractivity contribution in [2.24, 2.45) is 5.92 Å². The number of thioether (sulfide) groups is 1. The number of anilines is 2. The van der Waals surface area contributed by atoms with Crippen LogP contribution in [0.1, 0.15) is 13.3 Å². The summed E-state index contributed by atoms with van der Waals surface area (Å²) in [5, 5.41) is 5.44. The number of benzene rings is 2. The minimum Gasteiger partial charge on any atom is -0.495 e. The maximum atomic E-state index is 12.7. The third-order valence-electron chi connectivity index (χ3n) is 4.48. The van der Waals surface area contributed by atoms with Gasteiger partial charge in [-0.25, -0.2) is 8.42 Å². The molecule has 2 amide bonds.